The molecule has 0 radical (unpaired) electrons. The lowest BCUT2D eigenvalue weighted by Gasteiger charge is -2.39. The predicted molar refractivity (Wildman–Crippen MR) is 69.6 cm³/mol. The average molecular weight is 247 g/mol. The van der Waals surface area contributed by atoms with Gasteiger partial charge in [-0.1, -0.05) is 18.9 Å². The summed E-state index contributed by atoms with van der Waals surface area (Å²) < 4.78 is 0. The number of nitrogens with zero attached hydrogens (tertiary/aromatic N) is 1. The number of carbonyl (C=O) groups excluding carboxylic acids is 1. The lowest BCUT2D eigenvalue weighted by atomic mass is 9.74. The molecule has 1 aliphatic rings. The molecule has 4 heteroatoms. The standard InChI is InChI=1S/C12H22N2O.ClH/c1-4-9-14(3)11(15)10-7-5-6-8-12(10,2)13;/h4,10H,1,5-9,13H2,2-3H3;1H. The van der Waals surface area contributed by atoms with Crippen LogP contribution < -0.4 is 5.73 Å². The highest BCUT2D eigenvalue weighted by Crippen LogP contribution is 2.32. The van der Waals surface area contributed by atoms with E-state index in [1.807, 2.05) is 14.0 Å². The van der Waals surface area contributed by atoms with Gasteiger partial charge in [0.25, 0.3) is 0 Å². The first kappa shape index (κ1) is 15.5. The van der Waals surface area contributed by atoms with Crippen molar-refractivity contribution in [3.05, 3.63) is 12.7 Å². The predicted octanol–water partition coefficient (Wildman–Crippen LogP) is 1.96. The molecule has 1 amide bonds. The van der Waals surface area contributed by atoms with Crippen LogP contribution in [-0.4, -0.2) is 29.9 Å². The second kappa shape index (κ2) is 6.26. The van der Waals surface area contributed by atoms with E-state index in [1.165, 1.54) is 0 Å². The molecule has 0 aromatic heterocycles. The summed E-state index contributed by atoms with van der Waals surface area (Å²) in [4.78, 5) is 13.8. The Labute approximate surface area is 104 Å². The molecule has 2 atom stereocenters. The van der Waals surface area contributed by atoms with Gasteiger partial charge >= 0.3 is 0 Å². The lowest BCUT2D eigenvalue weighted by Crippen LogP contribution is -2.53. The smallest absolute Gasteiger partial charge is 0.227 e. The van der Waals surface area contributed by atoms with Crippen molar-refractivity contribution in [2.24, 2.45) is 11.7 Å². The summed E-state index contributed by atoms with van der Waals surface area (Å²) in [5.41, 5.74) is 5.85. The van der Waals surface area contributed by atoms with Crippen LogP contribution in [0.25, 0.3) is 0 Å². The van der Waals surface area contributed by atoms with Crippen molar-refractivity contribution in [1.29, 1.82) is 0 Å². The van der Waals surface area contributed by atoms with Gasteiger partial charge in [0.15, 0.2) is 0 Å². The van der Waals surface area contributed by atoms with Crippen LogP contribution in [0.4, 0.5) is 0 Å². The van der Waals surface area contributed by atoms with Crippen LogP contribution in [0.2, 0.25) is 0 Å². The van der Waals surface area contributed by atoms with E-state index in [4.69, 9.17) is 5.73 Å². The minimum atomic E-state index is -0.329. The van der Waals surface area contributed by atoms with Crippen LogP contribution in [-0.2, 0) is 4.79 Å². The molecule has 2 unspecified atom stereocenters. The number of hydrogen-bond donors (Lipinski definition) is 1. The van der Waals surface area contributed by atoms with Crippen molar-refractivity contribution < 1.29 is 4.79 Å². The zero-order valence-electron chi connectivity index (χ0n) is 10.2. The molecule has 1 rings (SSSR count). The Morgan fingerprint density at radius 2 is 2.25 bits per heavy atom. The van der Waals surface area contributed by atoms with Gasteiger partial charge in [-0.05, 0) is 19.8 Å². The number of likely N-dealkylation sites (N-methyl/N-ethyl adjacent to an activating group) is 1. The SMILES string of the molecule is C=CCN(C)C(=O)C1CCCCC1(C)N.Cl. The first-order valence-corrected chi connectivity index (χ1v) is 5.64. The average Bonchev–Trinajstić information content (AvgIpc) is 2.16. The van der Waals surface area contributed by atoms with Crippen LogP contribution in [0, 0.1) is 5.92 Å². The van der Waals surface area contributed by atoms with Crippen molar-refractivity contribution in [1.82, 2.24) is 4.90 Å². The third kappa shape index (κ3) is 3.49. The minimum Gasteiger partial charge on any atom is -0.342 e. The molecule has 2 N–H and O–H groups in total. The Hall–Kier alpha value is -0.540. The van der Waals surface area contributed by atoms with Gasteiger partial charge in [-0.25, -0.2) is 0 Å². The summed E-state index contributed by atoms with van der Waals surface area (Å²) in [6, 6.07) is 0. The van der Waals surface area contributed by atoms with Crippen LogP contribution in [0.15, 0.2) is 12.7 Å². The van der Waals surface area contributed by atoms with E-state index in [0.29, 0.717) is 6.54 Å². The van der Waals surface area contributed by atoms with Gasteiger partial charge in [0.05, 0.1) is 5.92 Å². The second-order valence-electron chi connectivity index (χ2n) is 4.81. The molecular weight excluding hydrogens is 224 g/mol. The molecular formula is C12H23ClN2O. The van der Waals surface area contributed by atoms with E-state index in [0.717, 1.165) is 25.7 Å². The fraction of sp³-hybridized carbons (Fsp3) is 0.750. The molecule has 0 aromatic rings. The summed E-state index contributed by atoms with van der Waals surface area (Å²) in [5.74, 6) is 0.149. The number of carbonyl (C=O) groups is 1. The summed E-state index contributed by atoms with van der Waals surface area (Å²) in [7, 11) is 1.81. The maximum atomic E-state index is 12.1. The summed E-state index contributed by atoms with van der Waals surface area (Å²) in [6.45, 7) is 6.24. The molecule has 0 aromatic carbocycles. The van der Waals surface area contributed by atoms with Crippen LogP contribution in [0.1, 0.15) is 32.6 Å². The summed E-state index contributed by atoms with van der Waals surface area (Å²) in [5, 5.41) is 0. The van der Waals surface area contributed by atoms with Gasteiger partial charge in [0, 0.05) is 19.1 Å². The van der Waals surface area contributed by atoms with Crippen molar-refractivity contribution in [3.63, 3.8) is 0 Å². The molecule has 1 fully saturated rings. The Kier molecular flexibility index (Phi) is 6.05. The summed E-state index contributed by atoms with van der Waals surface area (Å²) >= 11 is 0. The Bertz CT molecular complexity index is 253. The third-order valence-electron chi connectivity index (χ3n) is 3.33. The van der Waals surface area contributed by atoms with E-state index in [1.54, 1.807) is 11.0 Å². The van der Waals surface area contributed by atoms with Gasteiger partial charge in [0.1, 0.15) is 0 Å². The van der Waals surface area contributed by atoms with E-state index >= 15 is 0 Å². The highest BCUT2D eigenvalue weighted by Gasteiger charge is 2.38. The maximum Gasteiger partial charge on any atom is 0.227 e. The summed E-state index contributed by atoms with van der Waals surface area (Å²) in [6.07, 6.45) is 5.88. The molecule has 0 aliphatic heterocycles. The van der Waals surface area contributed by atoms with Crippen molar-refractivity contribution in [2.45, 2.75) is 38.1 Å². The number of amides is 1. The van der Waals surface area contributed by atoms with Gasteiger partial charge < -0.3 is 10.6 Å². The van der Waals surface area contributed by atoms with Gasteiger partial charge in [0.2, 0.25) is 5.91 Å². The first-order chi connectivity index (χ1) is 6.99. The maximum absolute atomic E-state index is 12.1. The van der Waals surface area contributed by atoms with Crippen LogP contribution >= 0.6 is 12.4 Å². The number of hydrogen-bond acceptors (Lipinski definition) is 2. The van der Waals surface area contributed by atoms with Crippen LogP contribution in [0.3, 0.4) is 0 Å². The number of rotatable bonds is 3. The van der Waals surface area contributed by atoms with Gasteiger partial charge in [-0.15, -0.1) is 19.0 Å². The molecule has 94 valence electrons. The second-order valence-corrected chi connectivity index (χ2v) is 4.81. The lowest BCUT2D eigenvalue weighted by molar-refractivity contribution is -0.137. The number of nitrogens with two attached hydrogens (primary N) is 1. The molecule has 1 saturated carbocycles. The van der Waals surface area contributed by atoms with E-state index in [2.05, 4.69) is 6.58 Å². The zero-order valence-corrected chi connectivity index (χ0v) is 11.1. The fourth-order valence-electron chi connectivity index (χ4n) is 2.31. The fourth-order valence-corrected chi connectivity index (χ4v) is 2.31. The zero-order chi connectivity index (χ0) is 11.5. The molecule has 0 saturated heterocycles. The molecule has 0 heterocycles. The molecule has 0 spiro atoms. The highest BCUT2D eigenvalue weighted by molar-refractivity contribution is 5.85. The van der Waals surface area contributed by atoms with E-state index in [-0.39, 0.29) is 29.8 Å². The topological polar surface area (TPSA) is 46.3 Å². The quantitative estimate of drug-likeness (QED) is 0.774. The first-order valence-electron chi connectivity index (χ1n) is 5.64. The molecule has 16 heavy (non-hydrogen) atoms. The van der Waals surface area contributed by atoms with E-state index in [9.17, 15) is 4.79 Å². The van der Waals surface area contributed by atoms with Crippen LogP contribution in [0.5, 0.6) is 0 Å². The highest BCUT2D eigenvalue weighted by atomic mass is 35.5. The van der Waals surface area contributed by atoms with E-state index < -0.39 is 0 Å². The normalized spacial score (nSPS) is 29.1. The number of halogens is 1. The molecule has 3 nitrogen and oxygen atoms in total. The largest absolute Gasteiger partial charge is 0.342 e. The van der Waals surface area contributed by atoms with Crippen molar-refractivity contribution in [3.8, 4) is 0 Å². The third-order valence-corrected chi connectivity index (χ3v) is 3.33. The van der Waals surface area contributed by atoms with Crippen molar-refractivity contribution in [2.75, 3.05) is 13.6 Å². The monoisotopic (exact) mass is 246 g/mol. The Balaban J connectivity index is 0.00000225. The molecule has 0 bridgehead atoms. The minimum absolute atomic E-state index is 0. The Morgan fingerprint density at radius 3 is 2.75 bits per heavy atom. The van der Waals surface area contributed by atoms with Crippen molar-refractivity contribution >= 4 is 18.3 Å². The van der Waals surface area contributed by atoms with Gasteiger partial charge in [-0.3, -0.25) is 4.79 Å². The Morgan fingerprint density at radius 1 is 1.62 bits per heavy atom. The molecule has 1 aliphatic carbocycles. The van der Waals surface area contributed by atoms with Gasteiger partial charge in [-0.2, -0.15) is 0 Å².